The minimum atomic E-state index is -4.45. The summed E-state index contributed by atoms with van der Waals surface area (Å²) in [7, 11) is 0. The van der Waals surface area contributed by atoms with Crippen molar-refractivity contribution in [1.29, 1.82) is 0 Å². The number of quaternary nitrogens is 1. The van der Waals surface area contributed by atoms with Gasteiger partial charge in [-0.1, -0.05) is 12.1 Å². The molecule has 1 amide bonds. The molecule has 0 spiro atoms. The van der Waals surface area contributed by atoms with E-state index in [1.165, 1.54) is 6.07 Å². The highest BCUT2D eigenvalue weighted by Crippen LogP contribution is 2.43. The smallest absolute Gasteiger partial charge is 0.393 e. The lowest BCUT2D eigenvalue weighted by Gasteiger charge is -2.47. The van der Waals surface area contributed by atoms with Gasteiger partial charge in [-0.2, -0.15) is 13.2 Å². The normalized spacial score (nSPS) is 26.0. The number of alkyl halides is 3. The Labute approximate surface area is 203 Å². The highest BCUT2D eigenvalue weighted by molar-refractivity contribution is 5.92. The van der Waals surface area contributed by atoms with Crippen LogP contribution in [0.3, 0.4) is 0 Å². The van der Waals surface area contributed by atoms with E-state index in [1.54, 1.807) is 13.0 Å². The Bertz CT molecular complexity index is 1100. The summed E-state index contributed by atoms with van der Waals surface area (Å²) in [6, 6.07) is 5.22. The number of carbonyl (C=O) groups is 1. The van der Waals surface area contributed by atoms with Crippen LogP contribution >= 0.6 is 0 Å². The van der Waals surface area contributed by atoms with E-state index in [0.717, 1.165) is 50.9 Å². The molecule has 0 atom stereocenters. The number of hydrogen-bond acceptors (Lipinski definition) is 5. The van der Waals surface area contributed by atoms with Crippen LogP contribution in [0.4, 0.5) is 13.2 Å². The van der Waals surface area contributed by atoms with Crippen molar-refractivity contribution in [2.24, 2.45) is 0 Å². The van der Waals surface area contributed by atoms with Crippen LogP contribution < -0.4 is 5.32 Å². The fourth-order valence-electron chi connectivity index (χ4n) is 5.75. The summed E-state index contributed by atoms with van der Waals surface area (Å²) in [6.07, 6.45) is -0.0848. The van der Waals surface area contributed by atoms with E-state index in [4.69, 9.17) is 4.98 Å². The Morgan fingerprint density at radius 3 is 2.37 bits per heavy atom. The summed E-state index contributed by atoms with van der Waals surface area (Å²) in [5.74, 6) is 0.372. The summed E-state index contributed by atoms with van der Waals surface area (Å²) in [6.45, 7) is 4.67. The monoisotopic (exact) mass is 489 g/mol. The first-order chi connectivity index (χ1) is 16.7. The van der Waals surface area contributed by atoms with Crippen LogP contribution in [0.1, 0.15) is 71.8 Å². The number of nitrogens with one attached hydrogen (secondary N) is 1. The van der Waals surface area contributed by atoms with E-state index in [0.29, 0.717) is 52.9 Å². The van der Waals surface area contributed by atoms with Gasteiger partial charge in [0.2, 0.25) is 0 Å². The number of benzene rings is 1. The third-order valence-corrected chi connectivity index (χ3v) is 7.88. The summed E-state index contributed by atoms with van der Waals surface area (Å²) >= 11 is 0. The minimum absolute atomic E-state index is 0.0128. The predicted octanol–water partition coefficient (Wildman–Crippen LogP) is 4.21. The second kappa shape index (κ2) is 9.26. The molecule has 0 bridgehead atoms. The van der Waals surface area contributed by atoms with Crippen molar-refractivity contribution in [3.63, 3.8) is 0 Å². The van der Waals surface area contributed by atoms with E-state index < -0.39 is 11.7 Å². The van der Waals surface area contributed by atoms with Crippen molar-refractivity contribution in [3.05, 3.63) is 46.8 Å². The second-order valence-electron chi connectivity index (χ2n) is 10.2. The molecule has 2 N–H and O–H groups in total. The Balaban J connectivity index is 1.57. The van der Waals surface area contributed by atoms with E-state index in [2.05, 4.69) is 10.3 Å². The van der Waals surface area contributed by atoms with Crippen molar-refractivity contribution >= 4 is 5.91 Å². The largest absolute Gasteiger partial charge is 0.416 e. The first-order valence-corrected chi connectivity index (χ1v) is 12.6. The molecule has 5 rings (SSSR count). The number of hydrogen-bond donors (Lipinski definition) is 2. The number of aryl methyl sites for hydroxylation is 1. The Morgan fingerprint density at radius 2 is 1.74 bits per heavy atom. The number of aliphatic hydroxyl groups is 1. The van der Waals surface area contributed by atoms with Crippen molar-refractivity contribution in [3.8, 4) is 11.4 Å². The zero-order valence-electron chi connectivity index (χ0n) is 19.9. The van der Waals surface area contributed by atoms with Gasteiger partial charge in [0.05, 0.1) is 42.2 Å². The van der Waals surface area contributed by atoms with Gasteiger partial charge < -0.3 is 10.4 Å². The highest BCUT2D eigenvalue weighted by Gasteiger charge is 2.49. The van der Waals surface area contributed by atoms with Gasteiger partial charge >= 0.3 is 12.1 Å². The lowest BCUT2D eigenvalue weighted by atomic mass is 9.92. The van der Waals surface area contributed by atoms with Crippen molar-refractivity contribution in [2.75, 3.05) is 26.2 Å². The molecule has 2 saturated heterocycles. The van der Waals surface area contributed by atoms with Crippen LogP contribution in [0.25, 0.3) is 11.4 Å². The maximum absolute atomic E-state index is 14.4. The number of aromatic nitrogens is 2. The fraction of sp³-hybridized carbons (Fsp3) is 0.577. The molecular formula is C26H32F3N4O2+. The first kappa shape index (κ1) is 24.3. The Hall–Kier alpha value is -2.36. The second-order valence-corrected chi connectivity index (χ2v) is 10.2. The maximum Gasteiger partial charge on any atom is 0.416 e. The average Bonchev–Trinajstić information content (AvgIpc) is 3.69. The topological polar surface area (TPSA) is 75.1 Å². The maximum atomic E-state index is 14.4. The lowest BCUT2D eigenvalue weighted by Crippen LogP contribution is -2.65. The van der Waals surface area contributed by atoms with Crippen molar-refractivity contribution in [2.45, 2.75) is 69.7 Å². The summed E-state index contributed by atoms with van der Waals surface area (Å²) < 4.78 is 40.2. The lowest BCUT2D eigenvalue weighted by molar-refractivity contribution is -0.881. The SMILES string of the molecule is Cc1nc(-c2cccc(C(F)(F)F)c2)nc(C2CC2)c1C(=O)[N+]1(C2CCNCC2)CCC(O)CC1. The van der Waals surface area contributed by atoms with Gasteiger partial charge in [-0.05, 0) is 31.9 Å². The number of carbonyl (C=O) groups excluding carboxylic acids is 1. The molecule has 0 unspecified atom stereocenters. The van der Waals surface area contributed by atoms with Crippen LogP contribution in [0.15, 0.2) is 24.3 Å². The number of amides is 1. The summed E-state index contributed by atoms with van der Waals surface area (Å²) in [5, 5.41) is 13.6. The molecule has 0 radical (unpaired) electrons. The van der Waals surface area contributed by atoms with E-state index in [-0.39, 0.29) is 29.8 Å². The number of halogens is 3. The number of likely N-dealkylation sites (tertiary alicyclic amines) is 1. The first-order valence-electron chi connectivity index (χ1n) is 12.6. The number of aliphatic hydroxyl groups excluding tert-OH is 1. The van der Waals surface area contributed by atoms with Crippen LogP contribution in [-0.2, 0) is 6.18 Å². The molecule has 3 heterocycles. The zero-order chi connectivity index (χ0) is 24.8. The molecular weight excluding hydrogens is 457 g/mol. The van der Waals surface area contributed by atoms with E-state index in [9.17, 15) is 23.1 Å². The molecule has 1 aliphatic carbocycles. The highest BCUT2D eigenvalue weighted by atomic mass is 19.4. The fourth-order valence-corrected chi connectivity index (χ4v) is 5.75. The molecule has 1 aromatic heterocycles. The molecule has 3 fully saturated rings. The van der Waals surface area contributed by atoms with Gasteiger partial charge in [-0.3, -0.25) is 4.48 Å². The van der Waals surface area contributed by atoms with Gasteiger partial charge in [0.15, 0.2) is 5.82 Å². The van der Waals surface area contributed by atoms with Gasteiger partial charge in [0.1, 0.15) is 5.56 Å². The standard InChI is InChI=1S/C26H32F3N4O2/c1-16-22(25(35)33(13-9-21(34)10-14-33)20-7-11-30-12-8-20)23(17-5-6-17)32-24(31-16)18-3-2-4-19(15-18)26(27,28)29/h2-4,15,17,20-21,30,34H,5-14H2,1H3/q+1. The third-order valence-electron chi connectivity index (χ3n) is 7.88. The molecule has 188 valence electrons. The van der Waals surface area contributed by atoms with Gasteiger partial charge in [0.25, 0.3) is 0 Å². The van der Waals surface area contributed by atoms with E-state index in [1.807, 2.05) is 0 Å². The third kappa shape index (κ3) is 4.73. The zero-order valence-corrected chi connectivity index (χ0v) is 19.9. The molecule has 35 heavy (non-hydrogen) atoms. The molecule has 9 heteroatoms. The van der Waals surface area contributed by atoms with Crippen LogP contribution in [0.2, 0.25) is 0 Å². The van der Waals surface area contributed by atoms with Crippen LogP contribution in [-0.4, -0.2) is 63.8 Å². The summed E-state index contributed by atoms with van der Waals surface area (Å²) in [4.78, 5) is 23.7. The molecule has 1 aromatic carbocycles. The van der Waals surface area contributed by atoms with E-state index >= 15 is 0 Å². The predicted molar refractivity (Wildman–Crippen MR) is 125 cm³/mol. The van der Waals surface area contributed by atoms with Gasteiger partial charge in [0, 0.05) is 50.3 Å². The van der Waals surface area contributed by atoms with Crippen molar-refractivity contribution < 1.29 is 27.6 Å². The van der Waals surface area contributed by atoms with Gasteiger partial charge in [-0.15, -0.1) is 0 Å². The molecule has 3 aliphatic rings. The quantitative estimate of drug-likeness (QED) is 0.630. The van der Waals surface area contributed by atoms with Crippen molar-refractivity contribution in [1.82, 2.24) is 15.3 Å². The summed E-state index contributed by atoms with van der Waals surface area (Å²) in [5.41, 5.74) is 1.29. The molecule has 6 nitrogen and oxygen atoms in total. The average molecular weight is 490 g/mol. The molecule has 2 aliphatic heterocycles. The molecule has 2 aromatic rings. The van der Waals surface area contributed by atoms with Crippen LogP contribution in [0.5, 0.6) is 0 Å². The molecule has 1 saturated carbocycles. The van der Waals surface area contributed by atoms with Crippen LogP contribution in [0, 0.1) is 6.92 Å². The Morgan fingerprint density at radius 1 is 1.06 bits per heavy atom. The Kier molecular flexibility index (Phi) is 6.44. The number of nitrogens with zero attached hydrogens (tertiary/aromatic N) is 3. The number of piperidine rings is 2. The minimum Gasteiger partial charge on any atom is -0.393 e. The van der Waals surface area contributed by atoms with Gasteiger partial charge in [-0.25, -0.2) is 14.8 Å². The number of rotatable bonds is 4.